The minimum absolute atomic E-state index is 0.0605. The molecule has 0 aliphatic carbocycles. The van der Waals surface area contributed by atoms with E-state index < -0.39 is 11.8 Å². The Hall–Kier alpha value is -1.36. The molecule has 0 atom stereocenters. The van der Waals surface area contributed by atoms with Crippen LogP contribution < -0.4 is 10.6 Å². The van der Waals surface area contributed by atoms with Gasteiger partial charge in [0.05, 0.1) is 5.69 Å². The minimum atomic E-state index is -0.664. The summed E-state index contributed by atoms with van der Waals surface area (Å²) in [5.74, 6) is -1.30. The molecule has 92 valence electrons. The summed E-state index contributed by atoms with van der Waals surface area (Å²) >= 11 is 3.33. The summed E-state index contributed by atoms with van der Waals surface area (Å²) in [6.45, 7) is 5.54. The molecule has 0 saturated heterocycles. The van der Waals surface area contributed by atoms with Crippen molar-refractivity contribution < 1.29 is 9.59 Å². The highest BCUT2D eigenvalue weighted by molar-refractivity contribution is 9.10. The monoisotopic (exact) mass is 298 g/mol. The predicted molar refractivity (Wildman–Crippen MR) is 70.8 cm³/mol. The van der Waals surface area contributed by atoms with Crippen LogP contribution in [0.25, 0.3) is 0 Å². The zero-order valence-corrected chi connectivity index (χ0v) is 11.6. The highest BCUT2D eigenvalue weighted by Crippen LogP contribution is 2.23. The smallest absolute Gasteiger partial charge is 0.313 e. The number of halogens is 1. The Balaban J connectivity index is 2.71. The highest BCUT2D eigenvalue weighted by atomic mass is 79.9. The molecule has 0 bridgehead atoms. The number of carbonyl (C=O) groups excluding carboxylic acids is 2. The summed E-state index contributed by atoms with van der Waals surface area (Å²) in [6.07, 6.45) is 0. The number of hydrogen-bond acceptors (Lipinski definition) is 2. The van der Waals surface area contributed by atoms with Gasteiger partial charge in [0, 0.05) is 10.5 Å². The van der Waals surface area contributed by atoms with E-state index in [-0.39, 0.29) is 6.04 Å². The topological polar surface area (TPSA) is 58.2 Å². The fourth-order valence-electron chi connectivity index (χ4n) is 1.23. The molecule has 0 spiro atoms. The van der Waals surface area contributed by atoms with Crippen LogP contribution in [-0.2, 0) is 9.59 Å². The first-order chi connectivity index (χ1) is 7.90. The fraction of sp³-hybridized carbons (Fsp3) is 0.333. The molecule has 0 heterocycles. The van der Waals surface area contributed by atoms with Crippen LogP contribution in [0.5, 0.6) is 0 Å². The Morgan fingerprint density at radius 1 is 1.24 bits per heavy atom. The van der Waals surface area contributed by atoms with Gasteiger partial charge in [-0.3, -0.25) is 9.59 Å². The molecule has 1 aromatic rings. The lowest BCUT2D eigenvalue weighted by Gasteiger charge is -2.10. The lowest BCUT2D eigenvalue weighted by Crippen LogP contribution is -2.39. The number of rotatable bonds is 2. The molecule has 2 amide bonds. The van der Waals surface area contributed by atoms with Crippen molar-refractivity contribution in [3.8, 4) is 0 Å². The second-order valence-corrected chi connectivity index (χ2v) is 4.92. The second-order valence-electron chi connectivity index (χ2n) is 4.07. The number of anilines is 1. The van der Waals surface area contributed by atoms with Crippen LogP contribution in [0.1, 0.15) is 19.4 Å². The molecular formula is C12H15BrN2O2. The Morgan fingerprint density at radius 3 is 2.41 bits per heavy atom. The molecule has 0 fully saturated rings. The van der Waals surface area contributed by atoms with E-state index in [1.54, 1.807) is 19.9 Å². The van der Waals surface area contributed by atoms with Gasteiger partial charge < -0.3 is 10.6 Å². The van der Waals surface area contributed by atoms with Gasteiger partial charge in [0.1, 0.15) is 0 Å². The second kappa shape index (κ2) is 5.82. The lowest BCUT2D eigenvalue weighted by molar-refractivity contribution is -0.136. The number of aryl methyl sites for hydroxylation is 1. The average molecular weight is 299 g/mol. The molecule has 1 aromatic carbocycles. The van der Waals surface area contributed by atoms with Crippen LogP contribution >= 0.6 is 15.9 Å². The molecule has 0 aliphatic rings. The SMILES string of the molecule is Cc1ccc(NC(=O)C(=O)NC(C)C)c(Br)c1. The molecule has 4 nitrogen and oxygen atoms in total. The van der Waals surface area contributed by atoms with Gasteiger partial charge in [0.25, 0.3) is 0 Å². The van der Waals surface area contributed by atoms with E-state index in [2.05, 4.69) is 26.6 Å². The Morgan fingerprint density at radius 2 is 1.88 bits per heavy atom. The van der Waals surface area contributed by atoms with Gasteiger partial charge in [0.2, 0.25) is 0 Å². The van der Waals surface area contributed by atoms with Gasteiger partial charge in [-0.05, 0) is 54.4 Å². The van der Waals surface area contributed by atoms with Gasteiger partial charge in [0.15, 0.2) is 0 Å². The van der Waals surface area contributed by atoms with Gasteiger partial charge >= 0.3 is 11.8 Å². The van der Waals surface area contributed by atoms with Crippen LogP contribution in [0, 0.1) is 6.92 Å². The van der Waals surface area contributed by atoms with Crippen LogP contribution in [0.2, 0.25) is 0 Å². The maximum atomic E-state index is 11.5. The van der Waals surface area contributed by atoms with Crippen LogP contribution in [0.4, 0.5) is 5.69 Å². The van der Waals surface area contributed by atoms with E-state index in [1.165, 1.54) is 0 Å². The first-order valence-electron chi connectivity index (χ1n) is 5.28. The summed E-state index contributed by atoms with van der Waals surface area (Å²) in [7, 11) is 0. The number of carbonyl (C=O) groups is 2. The number of benzene rings is 1. The van der Waals surface area contributed by atoms with Crippen LogP contribution in [0.3, 0.4) is 0 Å². The number of hydrogen-bond donors (Lipinski definition) is 2. The quantitative estimate of drug-likeness (QED) is 0.823. The molecule has 0 saturated carbocycles. The largest absolute Gasteiger partial charge is 0.346 e. The predicted octanol–water partition coefficient (Wildman–Crippen LogP) is 2.22. The molecule has 2 N–H and O–H groups in total. The Kier molecular flexibility index (Phi) is 4.69. The van der Waals surface area contributed by atoms with Crippen molar-refractivity contribution in [2.75, 3.05) is 5.32 Å². The van der Waals surface area contributed by atoms with Crippen molar-refractivity contribution in [3.63, 3.8) is 0 Å². The van der Waals surface area contributed by atoms with E-state index in [0.29, 0.717) is 5.69 Å². The third-order valence-corrected chi connectivity index (χ3v) is 2.65. The van der Waals surface area contributed by atoms with Crippen LogP contribution in [0.15, 0.2) is 22.7 Å². The standard InChI is InChI=1S/C12H15BrN2O2/c1-7(2)14-11(16)12(17)15-10-5-4-8(3)6-9(10)13/h4-7H,1-3H3,(H,14,16)(H,15,17). The normalized spacial score (nSPS) is 10.2. The first kappa shape index (κ1) is 13.7. The van der Waals surface area contributed by atoms with Crippen molar-refractivity contribution in [3.05, 3.63) is 28.2 Å². The van der Waals surface area contributed by atoms with Crippen LogP contribution in [-0.4, -0.2) is 17.9 Å². The molecule has 5 heteroatoms. The van der Waals surface area contributed by atoms with E-state index in [4.69, 9.17) is 0 Å². The molecule has 0 unspecified atom stereocenters. The van der Waals surface area contributed by atoms with E-state index in [1.807, 2.05) is 19.1 Å². The van der Waals surface area contributed by atoms with Crippen molar-refractivity contribution in [2.45, 2.75) is 26.8 Å². The summed E-state index contributed by atoms with van der Waals surface area (Å²) in [5, 5.41) is 5.07. The zero-order chi connectivity index (χ0) is 13.0. The number of amides is 2. The maximum absolute atomic E-state index is 11.5. The Bertz CT molecular complexity index is 444. The zero-order valence-electron chi connectivity index (χ0n) is 10.0. The number of nitrogens with one attached hydrogen (secondary N) is 2. The molecule has 17 heavy (non-hydrogen) atoms. The van der Waals surface area contributed by atoms with Crippen molar-refractivity contribution in [2.24, 2.45) is 0 Å². The van der Waals surface area contributed by atoms with E-state index in [0.717, 1.165) is 10.0 Å². The molecule has 0 radical (unpaired) electrons. The third kappa shape index (κ3) is 4.19. The van der Waals surface area contributed by atoms with Gasteiger partial charge in [-0.15, -0.1) is 0 Å². The minimum Gasteiger partial charge on any atom is -0.346 e. The van der Waals surface area contributed by atoms with E-state index in [9.17, 15) is 9.59 Å². The van der Waals surface area contributed by atoms with Crippen molar-refractivity contribution in [1.29, 1.82) is 0 Å². The summed E-state index contributed by atoms with van der Waals surface area (Å²) < 4.78 is 0.753. The van der Waals surface area contributed by atoms with Crippen molar-refractivity contribution in [1.82, 2.24) is 5.32 Å². The van der Waals surface area contributed by atoms with Crippen molar-refractivity contribution >= 4 is 33.4 Å². The molecular weight excluding hydrogens is 284 g/mol. The lowest BCUT2D eigenvalue weighted by atomic mass is 10.2. The third-order valence-electron chi connectivity index (χ3n) is 2.00. The van der Waals surface area contributed by atoms with Gasteiger partial charge in [-0.25, -0.2) is 0 Å². The fourth-order valence-corrected chi connectivity index (χ4v) is 1.82. The summed E-state index contributed by atoms with van der Waals surface area (Å²) in [5.41, 5.74) is 1.65. The molecule has 1 rings (SSSR count). The summed E-state index contributed by atoms with van der Waals surface area (Å²) in [4.78, 5) is 22.9. The average Bonchev–Trinajstić information content (AvgIpc) is 2.21. The van der Waals surface area contributed by atoms with E-state index >= 15 is 0 Å². The summed E-state index contributed by atoms with van der Waals surface area (Å²) in [6, 6.07) is 5.42. The first-order valence-corrected chi connectivity index (χ1v) is 6.07. The van der Waals surface area contributed by atoms with Gasteiger partial charge in [-0.2, -0.15) is 0 Å². The molecule has 0 aliphatic heterocycles. The maximum Gasteiger partial charge on any atom is 0.313 e. The Labute approximate surface area is 109 Å². The highest BCUT2D eigenvalue weighted by Gasteiger charge is 2.15. The van der Waals surface area contributed by atoms with Gasteiger partial charge in [-0.1, -0.05) is 6.07 Å². The molecule has 0 aromatic heterocycles.